The molecule has 2 aromatic rings. The Bertz CT molecular complexity index is 1400. The fraction of sp³-hybridized carbons (Fsp3) is 0.577. The molecule has 2 amide bonds. The first-order valence-electron chi connectivity index (χ1n) is 13.5. The molecule has 236 valence electrons. The third-order valence-electron chi connectivity index (χ3n) is 6.94. The van der Waals surface area contributed by atoms with Gasteiger partial charge in [-0.3, -0.25) is 14.4 Å². The van der Waals surface area contributed by atoms with Crippen LogP contribution in [0.15, 0.2) is 23.3 Å². The molecule has 0 spiro atoms. The van der Waals surface area contributed by atoms with Crippen molar-refractivity contribution in [3.05, 3.63) is 39.9 Å². The number of fused-ring (bicyclic) bond motifs is 3. The van der Waals surface area contributed by atoms with E-state index in [-0.39, 0.29) is 69.1 Å². The van der Waals surface area contributed by atoms with Crippen LogP contribution in [-0.4, -0.2) is 83.4 Å². The number of halogens is 6. The summed E-state index contributed by atoms with van der Waals surface area (Å²) in [6.07, 6.45) is -8.02. The Morgan fingerprint density at radius 2 is 1.84 bits per heavy atom. The van der Waals surface area contributed by atoms with Crippen molar-refractivity contribution in [3.8, 4) is 0 Å². The van der Waals surface area contributed by atoms with Crippen molar-refractivity contribution in [2.75, 3.05) is 54.5 Å². The molecule has 0 radical (unpaired) electrons. The van der Waals surface area contributed by atoms with Gasteiger partial charge in [0.15, 0.2) is 5.82 Å². The number of amides is 2. The highest BCUT2D eigenvalue weighted by molar-refractivity contribution is 6.05. The zero-order chi connectivity index (χ0) is 31.7. The van der Waals surface area contributed by atoms with E-state index >= 15 is 0 Å². The van der Waals surface area contributed by atoms with Gasteiger partial charge in [0, 0.05) is 31.9 Å². The third-order valence-corrected chi connectivity index (χ3v) is 6.94. The van der Waals surface area contributed by atoms with Gasteiger partial charge in [-0.05, 0) is 18.9 Å². The van der Waals surface area contributed by atoms with E-state index < -0.39 is 52.7 Å². The molecule has 2 aromatic heterocycles. The quantitative estimate of drug-likeness (QED) is 0.324. The lowest BCUT2D eigenvalue weighted by atomic mass is 10.0. The average Bonchev–Trinajstić information content (AvgIpc) is 2.91. The van der Waals surface area contributed by atoms with Crippen LogP contribution >= 0.6 is 0 Å². The second kappa shape index (κ2) is 12.4. The molecule has 0 bridgehead atoms. The predicted octanol–water partition coefficient (Wildman–Crippen LogP) is 3.13. The molecule has 43 heavy (non-hydrogen) atoms. The second-order valence-electron chi connectivity index (χ2n) is 10.8. The molecule has 1 unspecified atom stereocenters. The van der Waals surface area contributed by atoms with Gasteiger partial charge in [0.25, 0.3) is 11.5 Å². The molecule has 1 fully saturated rings. The fourth-order valence-electron chi connectivity index (χ4n) is 5.02. The van der Waals surface area contributed by atoms with Crippen LogP contribution in [0.1, 0.15) is 38.3 Å². The van der Waals surface area contributed by atoms with Gasteiger partial charge in [0.2, 0.25) is 5.91 Å². The average molecular weight is 620 g/mol. The highest BCUT2D eigenvalue weighted by atomic mass is 19.4. The number of pyridine rings is 1. The lowest BCUT2D eigenvalue weighted by Crippen LogP contribution is -2.64. The number of aromatic amines is 1. The first-order valence-corrected chi connectivity index (χ1v) is 13.5. The number of hydrogen-bond donors (Lipinski definition) is 2. The number of nitrogens with zero attached hydrogens (tertiary/aromatic N) is 5. The molecule has 17 heteroatoms. The largest absolute Gasteiger partial charge is 0.423 e. The molecule has 0 aromatic carbocycles. The van der Waals surface area contributed by atoms with Crippen LogP contribution in [0.25, 0.3) is 0 Å². The number of anilines is 3. The molecule has 1 saturated heterocycles. The van der Waals surface area contributed by atoms with Crippen molar-refractivity contribution >= 4 is 29.0 Å². The van der Waals surface area contributed by atoms with Crippen LogP contribution in [0, 0.1) is 5.92 Å². The molecule has 0 saturated carbocycles. The van der Waals surface area contributed by atoms with Crippen LogP contribution in [0.2, 0.25) is 0 Å². The minimum absolute atomic E-state index is 0.00212. The summed E-state index contributed by atoms with van der Waals surface area (Å²) in [6.45, 7) is 5.60. The topological polar surface area (TPSA) is 124 Å². The minimum atomic E-state index is -4.90. The van der Waals surface area contributed by atoms with E-state index in [9.17, 15) is 40.7 Å². The number of aromatic nitrogens is 3. The number of rotatable bonds is 9. The van der Waals surface area contributed by atoms with Crippen molar-refractivity contribution in [3.63, 3.8) is 0 Å². The fourth-order valence-corrected chi connectivity index (χ4v) is 5.02. The number of H-pyrrole nitrogens is 1. The molecule has 2 aliphatic heterocycles. The molecule has 4 rings (SSSR count). The Balaban J connectivity index is 1.35. The number of alkyl halides is 6. The summed E-state index contributed by atoms with van der Waals surface area (Å²) < 4.78 is 85.4. The molecule has 2 N–H and O–H groups in total. The van der Waals surface area contributed by atoms with Gasteiger partial charge in [0.05, 0.1) is 49.3 Å². The zero-order valence-corrected chi connectivity index (χ0v) is 23.6. The summed E-state index contributed by atoms with van der Waals surface area (Å²) in [6, 6.07) is -0.566. The Labute approximate surface area is 242 Å². The van der Waals surface area contributed by atoms with Crippen molar-refractivity contribution in [1.82, 2.24) is 20.1 Å². The first kappa shape index (κ1) is 32.0. The number of carbonyl (C=O) groups excluding carboxylic acids is 2. The number of nitrogens with one attached hydrogen (secondary N) is 2. The normalized spacial score (nSPS) is 18.0. The zero-order valence-electron chi connectivity index (χ0n) is 23.6. The molecule has 2 aliphatic rings. The van der Waals surface area contributed by atoms with Gasteiger partial charge < -0.3 is 24.8 Å². The first-order chi connectivity index (χ1) is 20.1. The Morgan fingerprint density at radius 3 is 2.49 bits per heavy atom. The number of carbonyl (C=O) groups is 2. The Hall–Kier alpha value is -3.89. The summed E-state index contributed by atoms with van der Waals surface area (Å²) in [5, 5.41) is 7.68. The maximum Gasteiger partial charge on any atom is 0.423 e. The number of piperazine rings is 1. The van der Waals surface area contributed by atoms with Crippen LogP contribution in [0.4, 0.5) is 43.5 Å². The SMILES string of the molecule is CC(C)CN1C(=O)C2CN(C(=O)CCOC[C@H](C)Nc3cn[nH]c(=O)c3C(F)(F)F)CCN2c2ncc(C(F)(F)F)cc21. The van der Waals surface area contributed by atoms with Crippen molar-refractivity contribution in [2.45, 2.75) is 51.6 Å². The van der Waals surface area contributed by atoms with Gasteiger partial charge in [-0.25, -0.2) is 10.1 Å². The molecule has 11 nitrogen and oxygen atoms in total. The lowest BCUT2D eigenvalue weighted by Gasteiger charge is -2.47. The van der Waals surface area contributed by atoms with E-state index in [0.717, 1.165) is 18.5 Å². The third kappa shape index (κ3) is 7.19. The molecule has 4 heterocycles. The summed E-state index contributed by atoms with van der Waals surface area (Å²) >= 11 is 0. The number of hydrogen-bond acceptors (Lipinski definition) is 8. The summed E-state index contributed by atoms with van der Waals surface area (Å²) in [5.41, 5.74) is -4.18. The van der Waals surface area contributed by atoms with Crippen LogP contribution in [-0.2, 0) is 26.7 Å². The van der Waals surface area contributed by atoms with E-state index in [1.54, 1.807) is 10.00 Å². The predicted molar refractivity (Wildman–Crippen MR) is 143 cm³/mol. The highest BCUT2D eigenvalue weighted by Gasteiger charge is 2.44. The molecule has 0 aliphatic carbocycles. The lowest BCUT2D eigenvalue weighted by molar-refractivity contribution is -0.138. The second-order valence-corrected chi connectivity index (χ2v) is 10.8. The highest BCUT2D eigenvalue weighted by Crippen LogP contribution is 2.40. The van der Waals surface area contributed by atoms with Crippen molar-refractivity contribution < 1.29 is 40.7 Å². The molecular weight excluding hydrogens is 588 g/mol. The monoisotopic (exact) mass is 619 g/mol. The van der Waals surface area contributed by atoms with E-state index in [4.69, 9.17) is 4.74 Å². The smallest absolute Gasteiger partial charge is 0.379 e. The maximum absolute atomic E-state index is 13.5. The van der Waals surface area contributed by atoms with Crippen LogP contribution in [0.3, 0.4) is 0 Å². The Kier molecular flexibility index (Phi) is 9.22. The van der Waals surface area contributed by atoms with Gasteiger partial charge >= 0.3 is 12.4 Å². The Morgan fingerprint density at radius 1 is 1.12 bits per heavy atom. The standard InChI is InChI=1S/C26H31F6N7O4/c1-14(2)11-39-18-8-16(25(27,28)29)9-33-22(18)38-6-5-37(12-19(38)24(39)42)20(40)4-7-43-13-15(3)35-17-10-34-36-23(41)21(17)26(30,31)32/h8-10,14-15,19H,4-7,11-13H2,1-3H3,(H2,35,36,41)/t15-,19?/m0/s1. The molecule has 2 atom stereocenters. The minimum Gasteiger partial charge on any atom is -0.379 e. The van der Waals surface area contributed by atoms with E-state index in [0.29, 0.717) is 0 Å². The van der Waals surface area contributed by atoms with Crippen LogP contribution in [0.5, 0.6) is 0 Å². The summed E-state index contributed by atoms with van der Waals surface area (Å²) in [4.78, 5) is 46.5. The van der Waals surface area contributed by atoms with Gasteiger partial charge in [-0.2, -0.15) is 31.4 Å². The van der Waals surface area contributed by atoms with E-state index in [1.807, 2.05) is 13.8 Å². The van der Waals surface area contributed by atoms with Crippen molar-refractivity contribution in [1.29, 1.82) is 0 Å². The van der Waals surface area contributed by atoms with Crippen molar-refractivity contribution in [2.24, 2.45) is 5.92 Å². The van der Waals surface area contributed by atoms with E-state index in [2.05, 4.69) is 15.4 Å². The van der Waals surface area contributed by atoms with Gasteiger partial charge in [-0.15, -0.1) is 0 Å². The van der Waals surface area contributed by atoms with E-state index in [1.165, 1.54) is 16.7 Å². The van der Waals surface area contributed by atoms with Gasteiger partial charge in [0.1, 0.15) is 11.6 Å². The molecular formula is C26H31F6N7O4. The maximum atomic E-state index is 13.5. The summed E-state index contributed by atoms with van der Waals surface area (Å²) in [7, 11) is 0. The van der Waals surface area contributed by atoms with Crippen LogP contribution < -0.4 is 20.7 Å². The van der Waals surface area contributed by atoms with Gasteiger partial charge in [-0.1, -0.05) is 13.8 Å². The number of ether oxygens (including phenoxy) is 1. The summed E-state index contributed by atoms with van der Waals surface area (Å²) in [5.74, 6) is -0.553.